The normalized spacial score (nSPS) is 12.9. The van der Waals surface area contributed by atoms with Crippen molar-refractivity contribution in [3.05, 3.63) is 199 Å². The van der Waals surface area contributed by atoms with Crippen LogP contribution in [0.5, 0.6) is 0 Å². The number of rotatable bonds is 6. The second-order valence-corrected chi connectivity index (χ2v) is 14.5. The van der Waals surface area contributed by atoms with E-state index in [4.69, 9.17) is 4.42 Å². The van der Waals surface area contributed by atoms with Gasteiger partial charge in [0.1, 0.15) is 11.2 Å². The molecule has 0 radical (unpaired) electrons. The average Bonchev–Trinajstić information content (AvgIpc) is 3.71. The van der Waals surface area contributed by atoms with Crippen LogP contribution in [0.15, 0.2) is 192 Å². The van der Waals surface area contributed by atoms with E-state index in [0.717, 1.165) is 39.0 Å². The number of benzene rings is 8. The standard InChI is InChI=1S/C51H37NO/c1-51(2)45-20-10-9-17-43(45)49-41(18-11-21-46(49)51)42-19-12-22-47-50(42)44-32-31-40(33-48(44)53-47)52(38-27-23-36(24-28-38)34-13-5-3-6-14-34)39-29-25-37(26-30-39)35-15-7-4-8-16-35/h3-33H,1-2H3. The zero-order chi connectivity index (χ0) is 35.5. The van der Waals surface area contributed by atoms with Gasteiger partial charge in [0.05, 0.1) is 0 Å². The lowest BCUT2D eigenvalue weighted by atomic mass is 9.82. The van der Waals surface area contributed by atoms with Crippen molar-refractivity contribution in [3.8, 4) is 44.5 Å². The van der Waals surface area contributed by atoms with Gasteiger partial charge in [-0.3, -0.25) is 0 Å². The molecule has 0 spiro atoms. The average molecular weight is 680 g/mol. The van der Waals surface area contributed by atoms with Crippen LogP contribution in [0.2, 0.25) is 0 Å². The van der Waals surface area contributed by atoms with Crippen molar-refractivity contribution in [2.75, 3.05) is 4.90 Å². The molecule has 1 aliphatic carbocycles. The molecule has 0 saturated heterocycles. The SMILES string of the molecule is CC1(C)c2ccccc2-c2c(-c3cccc4oc5cc(N(c6ccc(-c7ccccc7)cc6)c6ccc(-c7ccccc7)cc6)ccc5c34)cccc21. The number of nitrogens with zero attached hydrogens (tertiary/aromatic N) is 1. The maximum Gasteiger partial charge on any atom is 0.137 e. The fourth-order valence-corrected chi connectivity index (χ4v) is 8.47. The number of hydrogen-bond donors (Lipinski definition) is 0. The second-order valence-electron chi connectivity index (χ2n) is 14.5. The zero-order valence-electron chi connectivity index (χ0n) is 29.8. The molecule has 1 heterocycles. The van der Waals surface area contributed by atoms with E-state index >= 15 is 0 Å². The molecule has 1 aliphatic rings. The van der Waals surface area contributed by atoms with Crippen LogP contribution in [-0.2, 0) is 5.41 Å². The summed E-state index contributed by atoms with van der Waals surface area (Å²) in [5, 5.41) is 2.26. The molecular weight excluding hydrogens is 643 g/mol. The van der Waals surface area contributed by atoms with Crippen molar-refractivity contribution in [1.82, 2.24) is 0 Å². The van der Waals surface area contributed by atoms with Crippen molar-refractivity contribution >= 4 is 39.0 Å². The summed E-state index contributed by atoms with van der Waals surface area (Å²) in [6.45, 7) is 4.68. The van der Waals surface area contributed by atoms with Gasteiger partial charge in [-0.15, -0.1) is 0 Å². The molecule has 0 atom stereocenters. The number of hydrogen-bond acceptors (Lipinski definition) is 2. The Balaban J connectivity index is 1.11. The monoisotopic (exact) mass is 679 g/mol. The van der Waals surface area contributed by atoms with E-state index in [9.17, 15) is 0 Å². The molecule has 0 saturated carbocycles. The topological polar surface area (TPSA) is 16.4 Å². The summed E-state index contributed by atoms with van der Waals surface area (Å²) in [6, 6.07) is 67.6. The van der Waals surface area contributed by atoms with Crippen molar-refractivity contribution in [1.29, 1.82) is 0 Å². The highest BCUT2D eigenvalue weighted by Gasteiger charge is 2.36. The molecule has 0 amide bonds. The summed E-state index contributed by atoms with van der Waals surface area (Å²) in [7, 11) is 0. The Kier molecular flexibility index (Phi) is 7.19. The lowest BCUT2D eigenvalue weighted by molar-refractivity contribution is 0.660. The van der Waals surface area contributed by atoms with Crippen molar-refractivity contribution in [2.24, 2.45) is 0 Å². The molecule has 10 rings (SSSR count). The van der Waals surface area contributed by atoms with Gasteiger partial charge in [0.2, 0.25) is 0 Å². The largest absolute Gasteiger partial charge is 0.456 e. The minimum atomic E-state index is -0.0642. The van der Waals surface area contributed by atoms with Crippen molar-refractivity contribution in [3.63, 3.8) is 0 Å². The molecule has 1 aromatic heterocycles. The highest BCUT2D eigenvalue weighted by atomic mass is 16.3. The Hall–Kier alpha value is -6.64. The Bertz CT molecular complexity index is 2690. The van der Waals surface area contributed by atoms with Crippen LogP contribution >= 0.6 is 0 Å². The smallest absolute Gasteiger partial charge is 0.137 e. The maximum atomic E-state index is 6.73. The Labute approximate surface area is 310 Å². The third-order valence-electron chi connectivity index (χ3n) is 11.1. The molecule has 252 valence electrons. The Morgan fingerprint density at radius 3 is 1.57 bits per heavy atom. The summed E-state index contributed by atoms with van der Waals surface area (Å²) >= 11 is 0. The van der Waals surface area contributed by atoms with Gasteiger partial charge >= 0.3 is 0 Å². The predicted molar refractivity (Wildman–Crippen MR) is 222 cm³/mol. The molecule has 8 aromatic carbocycles. The van der Waals surface area contributed by atoms with Gasteiger partial charge in [-0.1, -0.05) is 153 Å². The predicted octanol–water partition coefficient (Wildman–Crippen LogP) is 14.4. The fraction of sp³-hybridized carbons (Fsp3) is 0.0588. The Morgan fingerprint density at radius 1 is 0.396 bits per heavy atom. The zero-order valence-corrected chi connectivity index (χ0v) is 29.8. The van der Waals surface area contributed by atoms with E-state index < -0.39 is 0 Å². The molecule has 2 nitrogen and oxygen atoms in total. The maximum absolute atomic E-state index is 6.73. The van der Waals surface area contributed by atoms with Crippen molar-refractivity contribution in [2.45, 2.75) is 19.3 Å². The molecule has 0 fully saturated rings. The molecular formula is C51H37NO. The van der Waals surface area contributed by atoms with Crippen LogP contribution in [0.1, 0.15) is 25.0 Å². The van der Waals surface area contributed by atoms with E-state index in [1.54, 1.807) is 0 Å². The van der Waals surface area contributed by atoms with Crippen LogP contribution < -0.4 is 4.90 Å². The van der Waals surface area contributed by atoms with Gasteiger partial charge in [-0.2, -0.15) is 0 Å². The lowest BCUT2D eigenvalue weighted by Gasteiger charge is -2.26. The first-order chi connectivity index (χ1) is 26.0. The van der Waals surface area contributed by atoms with Crippen LogP contribution in [0, 0.1) is 0 Å². The van der Waals surface area contributed by atoms with E-state index in [0.29, 0.717) is 0 Å². The van der Waals surface area contributed by atoms with E-state index in [1.807, 2.05) is 0 Å². The first-order valence-corrected chi connectivity index (χ1v) is 18.3. The number of fused-ring (bicyclic) bond motifs is 6. The van der Waals surface area contributed by atoms with Crippen LogP contribution in [0.4, 0.5) is 17.1 Å². The third kappa shape index (κ3) is 5.10. The van der Waals surface area contributed by atoms with Gasteiger partial charge < -0.3 is 9.32 Å². The molecule has 0 unspecified atom stereocenters. The van der Waals surface area contributed by atoms with Crippen LogP contribution in [0.25, 0.3) is 66.4 Å². The lowest BCUT2D eigenvalue weighted by Crippen LogP contribution is -2.14. The quantitative estimate of drug-likeness (QED) is 0.174. The van der Waals surface area contributed by atoms with E-state index in [2.05, 4.69) is 207 Å². The van der Waals surface area contributed by atoms with Gasteiger partial charge in [-0.05, 0) is 98.1 Å². The van der Waals surface area contributed by atoms with Crippen LogP contribution in [-0.4, -0.2) is 0 Å². The number of anilines is 3. The highest BCUT2D eigenvalue weighted by Crippen LogP contribution is 2.53. The van der Waals surface area contributed by atoms with E-state index in [-0.39, 0.29) is 5.41 Å². The van der Waals surface area contributed by atoms with Gasteiger partial charge in [0, 0.05) is 39.3 Å². The van der Waals surface area contributed by atoms with Gasteiger partial charge in [0.25, 0.3) is 0 Å². The molecule has 0 aliphatic heterocycles. The molecule has 2 heteroatoms. The third-order valence-corrected chi connectivity index (χ3v) is 11.1. The van der Waals surface area contributed by atoms with Crippen LogP contribution in [0.3, 0.4) is 0 Å². The van der Waals surface area contributed by atoms with Gasteiger partial charge in [0.15, 0.2) is 0 Å². The van der Waals surface area contributed by atoms with E-state index in [1.165, 1.54) is 55.6 Å². The molecule has 53 heavy (non-hydrogen) atoms. The molecule has 0 bridgehead atoms. The number of furan rings is 1. The highest BCUT2D eigenvalue weighted by molar-refractivity contribution is 6.15. The molecule has 9 aromatic rings. The first kappa shape index (κ1) is 31.1. The summed E-state index contributed by atoms with van der Waals surface area (Å²) in [5.41, 5.74) is 17.5. The first-order valence-electron chi connectivity index (χ1n) is 18.3. The van der Waals surface area contributed by atoms with Crippen molar-refractivity contribution < 1.29 is 4.42 Å². The second kappa shape index (κ2) is 12.3. The van der Waals surface area contributed by atoms with Gasteiger partial charge in [-0.25, -0.2) is 0 Å². The summed E-state index contributed by atoms with van der Waals surface area (Å²) < 4.78 is 6.73. The minimum absolute atomic E-state index is 0.0642. The Morgan fingerprint density at radius 2 is 0.906 bits per heavy atom. The summed E-state index contributed by atoms with van der Waals surface area (Å²) in [6.07, 6.45) is 0. The summed E-state index contributed by atoms with van der Waals surface area (Å²) in [4.78, 5) is 2.32. The fourth-order valence-electron chi connectivity index (χ4n) is 8.47. The minimum Gasteiger partial charge on any atom is -0.456 e. The summed E-state index contributed by atoms with van der Waals surface area (Å²) in [5.74, 6) is 0. The molecule has 0 N–H and O–H groups in total.